The molecule has 0 spiro atoms. The van der Waals surface area contributed by atoms with E-state index in [-0.39, 0.29) is 24.2 Å². The summed E-state index contributed by atoms with van der Waals surface area (Å²) in [6.45, 7) is 3.74. The van der Waals surface area contributed by atoms with Gasteiger partial charge in [0.15, 0.2) is 0 Å². The molecule has 2 aromatic rings. The third-order valence-corrected chi connectivity index (χ3v) is 5.19. The Morgan fingerprint density at radius 2 is 2.07 bits per heavy atom. The number of hydrogen-bond acceptors (Lipinski definition) is 6. The topological polar surface area (TPSA) is 117 Å². The molecule has 0 radical (unpaired) electrons. The van der Waals surface area contributed by atoms with Crippen LogP contribution < -0.4 is 10.9 Å². The molecule has 1 amide bonds. The van der Waals surface area contributed by atoms with Crippen molar-refractivity contribution in [3.63, 3.8) is 0 Å². The van der Waals surface area contributed by atoms with Crippen molar-refractivity contribution < 1.29 is 24.2 Å². The summed E-state index contributed by atoms with van der Waals surface area (Å²) in [6, 6.07) is 3.58. The van der Waals surface area contributed by atoms with Gasteiger partial charge in [0.2, 0.25) is 5.91 Å². The maximum atomic E-state index is 12.2. The average molecular weight is 393 g/mol. The maximum Gasteiger partial charge on any atom is 0.339 e. The van der Waals surface area contributed by atoms with Crippen molar-refractivity contribution in [2.24, 2.45) is 0 Å². The monoisotopic (exact) mass is 393 g/mol. The Morgan fingerprint density at radius 1 is 1.33 bits per heavy atom. The molecule has 1 heterocycles. The second-order valence-electron chi connectivity index (χ2n) is 6.12. The molecule has 146 valence electrons. The molecule has 0 aliphatic heterocycles. The van der Waals surface area contributed by atoms with Crippen LogP contribution in [0.3, 0.4) is 0 Å². The SMILES string of the molecule is CCSCC[C@@H](NC(=O)CCc1c(C)c2ccc(O)cc2oc1=O)C(=O)O. The minimum atomic E-state index is -1.07. The van der Waals surface area contributed by atoms with E-state index in [2.05, 4.69) is 5.32 Å². The number of aliphatic carboxylic acids is 1. The van der Waals surface area contributed by atoms with Crippen LogP contribution in [0, 0.1) is 6.92 Å². The van der Waals surface area contributed by atoms with Gasteiger partial charge in [-0.05, 0) is 49.0 Å². The minimum Gasteiger partial charge on any atom is -0.508 e. The number of amides is 1. The second kappa shape index (κ2) is 9.45. The van der Waals surface area contributed by atoms with E-state index in [1.54, 1.807) is 24.8 Å². The van der Waals surface area contributed by atoms with Crippen molar-refractivity contribution in [2.45, 2.75) is 39.2 Å². The zero-order valence-corrected chi connectivity index (χ0v) is 16.1. The van der Waals surface area contributed by atoms with Crippen molar-refractivity contribution in [2.75, 3.05) is 11.5 Å². The molecule has 0 bridgehead atoms. The number of nitrogens with one attached hydrogen (secondary N) is 1. The van der Waals surface area contributed by atoms with Gasteiger partial charge < -0.3 is 19.9 Å². The highest BCUT2D eigenvalue weighted by molar-refractivity contribution is 7.99. The Kier molecular flexibility index (Phi) is 7.29. The number of phenols is 1. The molecule has 0 aliphatic rings. The van der Waals surface area contributed by atoms with Crippen molar-refractivity contribution in [3.05, 3.63) is 39.7 Å². The van der Waals surface area contributed by atoms with Gasteiger partial charge in [-0.2, -0.15) is 11.8 Å². The molecule has 1 aromatic carbocycles. The third kappa shape index (κ3) is 5.50. The molecule has 27 heavy (non-hydrogen) atoms. The Labute approximate surface area is 160 Å². The van der Waals surface area contributed by atoms with Crippen LogP contribution in [0.4, 0.5) is 0 Å². The first-order valence-electron chi connectivity index (χ1n) is 8.68. The highest BCUT2D eigenvalue weighted by atomic mass is 32.2. The molecule has 1 aromatic heterocycles. The average Bonchev–Trinajstić information content (AvgIpc) is 2.60. The first kappa shape index (κ1) is 20.8. The smallest absolute Gasteiger partial charge is 0.339 e. The lowest BCUT2D eigenvalue weighted by molar-refractivity contribution is -0.141. The van der Waals surface area contributed by atoms with E-state index in [1.807, 2.05) is 6.92 Å². The van der Waals surface area contributed by atoms with Gasteiger partial charge >= 0.3 is 11.6 Å². The van der Waals surface area contributed by atoms with Gasteiger partial charge in [0, 0.05) is 23.4 Å². The fraction of sp³-hybridized carbons (Fsp3) is 0.421. The van der Waals surface area contributed by atoms with Crippen LogP contribution in [0.5, 0.6) is 5.75 Å². The predicted molar refractivity (Wildman–Crippen MR) is 104 cm³/mol. The number of fused-ring (bicyclic) bond motifs is 1. The van der Waals surface area contributed by atoms with Crippen molar-refractivity contribution >= 4 is 34.6 Å². The summed E-state index contributed by atoms with van der Waals surface area (Å²) in [6.07, 6.45) is 0.479. The standard InChI is InChI=1S/C19H23NO6S/c1-3-27-9-8-15(18(23)24)20-17(22)7-6-14-11(2)13-5-4-12(21)10-16(13)26-19(14)25/h4-5,10,15,21H,3,6-9H2,1-2H3,(H,20,22)(H,23,24)/t15-/m1/s1. The second-order valence-corrected chi connectivity index (χ2v) is 7.51. The molecule has 0 saturated carbocycles. The Bertz CT molecular complexity index is 892. The fourth-order valence-corrected chi connectivity index (χ4v) is 3.47. The summed E-state index contributed by atoms with van der Waals surface area (Å²) in [5.74, 6) is 0.0381. The Balaban J connectivity index is 2.07. The van der Waals surface area contributed by atoms with Gasteiger partial charge in [0.05, 0.1) is 0 Å². The van der Waals surface area contributed by atoms with Crippen LogP contribution in [0.15, 0.2) is 27.4 Å². The van der Waals surface area contributed by atoms with E-state index in [1.165, 1.54) is 12.1 Å². The number of phenolic OH excluding ortho intramolecular Hbond substituents is 1. The molecule has 0 unspecified atom stereocenters. The van der Waals surface area contributed by atoms with E-state index in [0.29, 0.717) is 28.7 Å². The van der Waals surface area contributed by atoms with Gasteiger partial charge in [-0.1, -0.05) is 6.92 Å². The van der Waals surface area contributed by atoms with Gasteiger partial charge in [0.25, 0.3) is 0 Å². The number of carboxylic acid groups (broad SMARTS) is 1. The van der Waals surface area contributed by atoms with Crippen LogP contribution in [0.2, 0.25) is 0 Å². The van der Waals surface area contributed by atoms with Crippen molar-refractivity contribution in [1.82, 2.24) is 5.32 Å². The molecule has 8 heteroatoms. The van der Waals surface area contributed by atoms with E-state index < -0.39 is 23.5 Å². The normalized spacial score (nSPS) is 12.1. The van der Waals surface area contributed by atoms with Gasteiger partial charge in [-0.15, -0.1) is 0 Å². The van der Waals surface area contributed by atoms with Crippen molar-refractivity contribution in [1.29, 1.82) is 0 Å². The maximum absolute atomic E-state index is 12.2. The molecular formula is C19H23NO6S. The molecule has 7 nitrogen and oxygen atoms in total. The Morgan fingerprint density at radius 3 is 2.74 bits per heavy atom. The van der Waals surface area contributed by atoms with E-state index >= 15 is 0 Å². The summed E-state index contributed by atoms with van der Waals surface area (Å²) in [5, 5.41) is 21.9. The van der Waals surface area contributed by atoms with Gasteiger partial charge in [-0.3, -0.25) is 4.79 Å². The third-order valence-electron chi connectivity index (χ3n) is 4.26. The van der Waals surface area contributed by atoms with E-state index in [4.69, 9.17) is 4.42 Å². The zero-order valence-electron chi connectivity index (χ0n) is 15.3. The van der Waals surface area contributed by atoms with Crippen LogP contribution in [-0.2, 0) is 16.0 Å². The van der Waals surface area contributed by atoms with E-state index in [0.717, 1.165) is 5.75 Å². The molecule has 2 rings (SSSR count). The quantitative estimate of drug-likeness (QED) is 0.442. The number of carbonyl (C=O) groups excluding carboxylic acids is 1. The number of rotatable bonds is 9. The first-order valence-corrected chi connectivity index (χ1v) is 9.84. The van der Waals surface area contributed by atoms with Crippen molar-refractivity contribution in [3.8, 4) is 5.75 Å². The molecule has 0 fully saturated rings. The highest BCUT2D eigenvalue weighted by Gasteiger charge is 2.20. The summed E-state index contributed by atoms with van der Waals surface area (Å²) < 4.78 is 5.23. The lowest BCUT2D eigenvalue weighted by Gasteiger charge is -2.14. The number of thioether (sulfide) groups is 1. The number of aryl methyl sites for hydroxylation is 1. The molecule has 3 N–H and O–H groups in total. The summed E-state index contributed by atoms with van der Waals surface area (Å²) >= 11 is 1.61. The largest absolute Gasteiger partial charge is 0.508 e. The van der Waals surface area contributed by atoms with Crippen LogP contribution in [0.1, 0.15) is 30.9 Å². The predicted octanol–water partition coefficient (Wildman–Crippen LogP) is 2.45. The Hall–Kier alpha value is -2.48. The summed E-state index contributed by atoms with van der Waals surface area (Å²) in [7, 11) is 0. The highest BCUT2D eigenvalue weighted by Crippen LogP contribution is 2.23. The van der Waals surface area contributed by atoms with Gasteiger partial charge in [-0.25, -0.2) is 9.59 Å². The van der Waals surface area contributed by atoms with E-state index in [9.17, 15) is 24.6 Å². The molecule has 0 saturated heterocycles. The fourth-order valence-electron chi connectivity index (χ4n) is 2.78. The first-order chi connectivity index (χ1) is 12.8. The minimum absolute atomic E-state index is 0.00173. The summed E-state index contributed by atoms with van der Waals surface area (Å²) in [5.41, 5.74) is 0.775. The van der Waals surface area contributed by atoms with Crippen LogP contribution >= 0.6 is 11.8 Å². The lowest BCUT2D eigenvalue weighted by atomic mass is 10.0. The van der Waals surface area contributed by atoms with Crippen LogP contribution in [0.25, 0.3) is 11.0 Å². The molecule has 1 atom stereocenters. The molecular weight excluding hydrogens is 370 g/mol. The number of carbonyl (C=O) groups is 2. The number of aromatic hydroxyl groups is 1. The van der Waals surface area contributed by atoms with Gasteiger partial charge in [0.1, 0.15) is 17.4 Å². The number of hydrogen-bond donors (Lipinski definition) is 3. The summed E-state index contributed by atoms with van der Waals surface area (Å²) in [4.78, 5) is 35.6. The number of benzene rings is 1. The number of carboxylic acids is 1. The molecule has 0 aliphatic carbocycles. The lowest BCUT2D eigenvalue weighted by Crippen LogP contribution is -2.41. The zero-order chi connectivity index (χ0) is 20.0. The van der Waals surface area contributed by atoms with Crippen LogP contribution in [-0.4, -0.2) is 39.6 Å².